The number of aromatic hydroxyl groups is 2. The van der Waals surface area contributed by atoms with E-state index in [1.54, 1.807) is 0 Å². The molecular weight excluding hydrogens is 282 g/mol. The summed E-state index contributed by atoms with van der Waals surface area (Å²) in [5.74, 6) is -2.19. The molecule has 0 saturated carbocycles. The van der Waals surface area contributed by atoms with Crippen molar-refractivity contribution in [1.29, 1.82) is 0 Å². The minimum Gasteiger partial charge on any atom is -0.508 e. The Hall–Kier alpha value is -2.34. The van der Waals surface area contributed by atoms with Crippen LogP contribution in [-0.2, 0) is 6.42 Å². The first-order chi connectivity index (χ1) is 9.95. The Morgan fingerprint density at radius 3 is 2.52 bits per heavy atom. The van der Waals surface area contributed by atoms with E-state index in [4.69, 9.17) is 4.74 Å². The molecule has 1 heterocycles. The van der Waals surface area contributed by atoms with Gasteiger partial charge in [-0.1, -0.05) is 6.07 Å². The third kappa shape index (κ3) is 2.38. The van der Waals surface area contributed by atoms with Crippen LogP contribution in [0.4, 0.5) is 8.78 Å². The summed E-state index contributed by atoms with van der Waals surface area (Å²) in [4.78, 5) is 0. The standard InChI is InChI=1S/C15H12F2O4/c16-10-2-1-7(3-11(10)17)15-13(20)6-9-12(19)4-8(18)5-14(9)21-15/h1-5,13,15,18-20H,6H2/t13-,15-/m0/s1. The van der Waals surface area contributed by atoms with Crippen LogP contribution < -0.4 is 4.74 Å². The summed E-state index contributed by atoms with van der Waals surface area (Å²) in [5.41, 5.74) is 0.633. The molecule has 1 aliphatic rings. The fourth-order valence-electron chi connectivity index (χ4n) is 2.44. The van der Waals surface area contributed by atoms with Crippen LogP contribution in [0.1, 0.15) is 17.2 Å². The number of hydrogen-bond donors (Lipinski definition) is 3. The molecular formula is C15H12F2O4. The zero-order valence-electron chi connectivity index (χ0n) is 10.8. The summed E-state index contributed by atoms with van der Waals surface area (Å²) in [5, 5.41) is 29.3. The molecule has 0 unspecified atom stereocenters. The highest BCUT2D eigenvalue weighted by atomic mass is 19.2. The van der Waals surface area contributed by atoms with Crippen molar-refractivity contribution >= 4 is 0 Å². The van der Waals surface area contributed by atoms with E-state index < -0.39 is 23.8 Å². The van der Waals surface area contributed by atoms with E-state index in [2.05, 4.69) is 0 Å². The Kier molecular flexibility index (Phi) is 3.17. The lowest BCUT2D eigenvalue weighted by Crippen LogP contribution is -2.30. The quantitative estimate of drug-likeness (QED) is 0.755. The maximum Gasteiger partial charge on any atom is 0.159 e. The molecule has 0 amide bonds. The molecule has 2 aromatic carbocycles. The van der Waals surface area contributed by atoms with Crippen molar-refractivity contribution in [3.05, 3.63) is 53.1 Å². The van der Waals surface area contributed by atoms with Crippen molar-refractivity contribution in [1.82, 2.24) is 0 Å². The Bertz CT molecular complexity index is 702. The van der Waals surface area contributed by atoms with E-state index in [0.717, 1.165) is 18.2 Å². The Labute approximate surface area is 118 Å². The lowest BCUT2D eigenvalue weighted by Gasteiger charge is -2.31. The largest absolute Gasteiger partial charge is 0.508 e. The highest BCUT2D eigenvalue weighted by Gasteiger charge is 2.32. The Morgan fingerprint density at radius 2 is 1.81 bits per heavy atom. The molecule has 4 nitrogen and oxygen atoms in total. The van der Waals surface area contributed by atoms with Crippen LogP contribution >= 0.6 is 0 Å². The van der Waals surface area contributed by atoms with Gasteiger partial charge in [-0.25, -0.2) is 8.78 Å². The molecule has 0 radical (unpaired) electrons. The number of rotatable bonds is 1. The molecule has 0 spiro atoms. The lowest BCUT2D eigenvalue weighted by molar-refractivity contribution is 0.0196. The van der Waals surface area contributed by atoms with E-state index >= 15 is 0 Å². The fraction of sp³-hybridized carbons (Fsp3) is 0.200. The molecule has 0 aliphatic carbocycles. The summed E-state index contributed by atoms with van der Waals surface area (Å²) in [6, 6.07) is 5.67. The summed E-state index contributed by atoms with van der Waals surface area (Å²) >= 11 is 0. The monoisotopic (exact) mass is 294 g/mol. The molecule has 0 aromatic heterocycles. The predicted octanol–water partition coefficient (Wildman–Crippen LogP) is 2.41. The van der Waals surface area contributed by atoms with Crippen molar-refractivity contribution in [2.75, 3.05) is 0 Å². The van der Waals surface area contributed by atoms with Gasteiger partial charge in [0.15, 0.2) is 11.6 Å². The van der Waals surface area contributed by atoms with Gasteiger partial charge in [-0.05, 0) is 17.7 Å². The molecule has 3 rings (SSSR count). The van der Waals surface area contributed by atoms with Crippen LogP contribution in [0.3, 0.4) is 0 Å². The van der Waals surface area contributed by atoms with Gasteiger partial charge in [0.25, 0.3) is 0 Å². The van der Waals surface area contributed by atoms with Gasteiger partial charge >= 0.3 is 0 Å². The summed E-state index contributed by atoms with van der Waals surface area (Å²) < 4.78 is 31.8. The Balaban J connectivity index is 2.00. The maximum absolute atomic E-state index is 13.3. The normalized spacial score (nSPS) is 20.7. The first-order valence-electron chi connectivity index (χ1n) is 6.30. The molecule has 3 N–H and O–H groups in total. The summed E-state index contributed by atoms with van der Waals surface area (Å²) in [7, 11) is 0. The van der Waals surface area contributed by atoms with Crippen LogP contribution in [0.2, 0.25) is 0 Å². The zero-order valence-corrected chi connectivity index (χ0v) is 10.8. The first kappa shape index (κ1) is 13.6. The number of aliphatic hydroxyl groups is 1. The van der Waals surface area contributed by atoms with Gasteiger partial charge in [-0.3, -0.25) is 0 Å². The molecule has 6 heteroatoms. The average Bonchev–Trinajstić information content (AvgIpc) is 2.42. The highest BCUT2D eigenvalue weighted by molar-refractivity contribution is 5.51. The van der Waals surface area contributed by atoms with Gasteiger partial charge in [-0.15, -0.1) is 0 Å². The second-order valence-electron chi connectivity index (χ2n) is 4.93. The molecule has 1 aliphatic heterocycles. The smallest absolute Gasteiger partial charge is 0.159 e. The minimum atomic E-state index is -1.03. The molecule has 110 valence electrons. The molecule has 0 fully saturated rings. The summed E-state index contributed by atoms with van der Waals surface area (Å²) in [6.45, 7) is 0. The van der Waals surface area contributed by atoms with E-state index in [0.29, 0.717) is 5.56 Å². The van der Waals surface area contributed by atoms with Gasteiger partial charge in [0.1, 0.15) is 23.4 Å². The number of fused-ring (bicyclic) bond motifs is 1. The zero-order chi connectivity index (χ0) is 15.1. The van der Waals surface area contributed by atoms with Gasteiger partial charge in [0.05, 0.1) is 6.10 Å². The number of hydrogen-bond acceptors (Lipinski definition) is 4. The number of ether oxygens (including phenoxy) is 1. The van der Waals surface area contributed by atoms with Crippen molar-refractivity contribution < 1.29 is 28.8 Å². The first-order valence-corrected chi connectivity index (χ1v) is 6.30. The SMILES string of the molecule is Oc1cc(O)c2c(c1)O[C@@H](c1ccc(F)c(F)c1)[C@@H](O)C2. The highest BCUT2D eigenvalue weighted by Crippen LogP contribution is 2.41. The van der Waals surface area contributed by atoms with Crippen LogP contribution in [0.15, 0.2) is 30.3 Å². The van der Waals surface area contributed by atoms with E-state index in [1.807, 2.05) is 0 Å². The van der Waals surface area contributed by atoms with Crippen molar-refractivity contribution in [2.45, 2.75) is 18.6 Å². The van der Waals surface area contributed by atoms with Crippen LogP contribution in [0, 0.1) is 11.6 Å². The fourth-order valence-corrected chi connectivity index (χ4v) is 2.44. The maximum atomic E-state index is 13.3. The minimum absolute atomic E-state index is 0.0745. The van der Waals surface area contributed by atoms with Gasteiger partial charge in [0, 0.05) is 24.1 Å². The molecule has 21 heavy (non-hydrogen) atoms. The topological polar surface area (TPSA) is 69.9 Å². The van der Waals surface area contributed by atoms with Crippen molar-refractivity contribution in [3.63, 3.8) is 0 Å². The third-order valence-electron chi connectivity index (χ3n) is 3.46. The van der Waals surface area contributed by atoms with Crippen LogP contribution in [-0.4, -0.2) is 21.4 Å². The van der Waals surface area contributed by atoms with Crippen molar-refractivity contribution in [2.24, 2.45) is 0 Å². The number of aliphatic hydroxyl groups excluding tert-OH is 1. The second-order valence-corrected chi connectivity index (χ2v) is 4.93. The van der Waals surface area contributed by atoms with E-state index in [1.165, 1.54) is 12.1 Å². The lowest BCUT2D eigenvalue weighted by atomic mass is 9.94. The predicted molar refractivity (Wildman–Crippen MR) is 69.2 cm³/mol. The number of phenolic OH excluding ortho intramolecular Hbond substituents is 2. The van der Waals surface area contributed by atoms with E-state index in [-0.39, 0.29) is 29.2 Å². The van der Waals surface area contributed by atoms with Gasteiger partial charge < -0.3 is 20.1 Å². The molecule has 0 bridgehead atoms. The second kappa shape index (κ2) is 4.89. The number of benzene rings is 2. The summed E-state index contributed by atoms with van der Waals surface area (Å²) in [6.07, 6.45) is -1.86. The van der Waals surface area contributed by atoms with Crippen molar-refractivity contribution in [3.8, 4) is 17.2 Å². The van der Waals surface area contributed by atoms with E-state index in [9.17, 15) is 24.1 Å². The Morgan fingerprint density at radius 1 is 1.05 bits per heavy atom. The average molecular weight is 294 g/mol. The van der Waals surface area contributed by atoms with Crippen LogP contribution in [0.5, 0.6) is 17.2 Å². The third-order valence-corrected chi connectivity index (χ3v) is 3.46. The number of halogens is 2. The number of phenols is 2. The molecule has 0 saturated heterocycles. The van der Waals surface area contributed by atoms with Crippen LogP contribution in [0.25, 0.3) is 0 Å². The van der Waals surface area contributed by atoms with Gasteiger partial charge in [-0.2, -0.15) is 0 Å². The molecule has 2 atom stereocenters. The van der Waals surface area contributed by atoms with Gasteiger partial charge in [0.2, 0.25) is 0 Å². The molecule has 2 aromatic rings.